The molecule has 0 aliphatic carbocycles. The molecule has 1 N–H and O–H groups in total. The van der Waals surface area contributed by atoms with Crippen LogP contribution in [0, 0.1) is 20.2 Å². The van der Waals surface area contributed by atoms with E-state index in [9.17, 15) is 25.0 Å². The van der Waals surface area contributed by atoms with Crippen LogP contribution < -0.4 is 4.87 Å². The van der Waals surface area contributed by atoms with E-state index in [2.05, 4.69) is 4.98 Å². The number of nitro benzene ring substituents is 2. The molecule has 0 bridgehead atoms. The molecular formula is C7H3N3O5S. The summed E-state index contributed by atoms with van der Waals surface area (Å²) in [7, 11) is 0. The van der Waals surface area contributed by atoms with E-state index in [1.54, 1.807) is 0 Å². The second-order valence-electron chi connectivity index (χ2n) is 2.84. The van der Waals surface area contributed by atoms with Crippen LogP contribution in [0.4, 0.5) is 11.4 Å². The van der Waals surface area contributed by atoms with Gasteiger partial charge >= 0.3 is 16.2 Å². The van der Waals surface area contributed by atoms with E-state index in [-0.39, 0.29) is 5.52 Å². The van der Waals surface area contributed by atoms with Gasteiger partial charge in [-0.15, -0.1) is 0 Å². The summed E-state index contributed by atoms with van der Waals surface area (Å²) in [6.45, 7) is 0. The predicted octanol–water partition coefficient (Wildman–Crippen LogP) is 1.41. The molecule has 0 aliphatic heterocycles. The Morgan fingerprint density at radius 1 is 1.19 bits per heavy atom. The summed E-state index contributed by atoms with van der Waals surface area (Å²) in [6.07, 6.45) is 0. The third-order valence-electron chi connectivity index (χ3n) is 1.93. The molecule has 2 rings (SSSR count). The maximum atomic E-state index is 11.0. The number of rotatable bonds is 2. The van der Waals surface area contributed by atoms with E-state index >= 15 is 0 Å². The first kappa shape index (κ1) is 10.2. The summed E-state index contributed by atoms with van der Waals surface area (Å²) in [5.41, 5.74) is -1.42. The summed E-state index contributed by atoms with van der Waals surface area (Å²) in [6, 6.07) is 2.33. The number of hydrogen-bond acceptors (Lipinski definition) is 6. The van der Waals surface area contributed by atoms with E-state index in [1.165, 1.54) is 6.07 Å². The molecule has 0 saturated carbocycles. The van der Waals surface area contributed by atoms with Crippen molar-refractivity contribution in [3.05, 3.63) is 42.0 Å². The summed E-state index contributed by atoms with van der Waals surface area (Å²) >= 11 is 0.766. The third kappa shape index (κ3) is 1.42. The van der Waals surface area contributed by atoms with Crippen molar-refractivity contribution in [2.24, 2.45) is 0 Å². The number of H-pyrrole nitrogens is 1. The molecule has 9 heteroatoms. The fourth-order valence-corrected chi connectivity index (χ4v) is 2.07. The van der Waals surface area contributed by atoms with E-state index in [0.29, 0.717) is 4.70 Å². The van der Waals surface area contributed by atoms with Crippen LogP contribution in [0.25, 0.3) is 10.2 Å². The summed E-state index contributed by atoms with van der Waals surface area (Å²) in [5.74, 6) is 0. The zero-order valence-corrected chi connectivity index (χ0v) is 8.32. The van der Waals surface area contributed by atoms with Crippen molar-refractivity contribution in [2.45, 2.75) is 0 Å². The average molecular weight is 241 g/mol. The van der Waals surface area contributed by atoms with Crippen LogP contribution in [0.5, 0.6) is 0 Å². The number of thiazole rings is 1. The first-order valence-corrected chi connectivity index (χ1v) is 4.77. The molecule has 0 aliphatic rings. The van der Waals surface area contributed by atoms with Crippen LogP contribution in [0.15, 0.2) is 16.9 Å². The van der Waals surface area contributed by atoms with Gasteiger partial charge in [0.15, 0.2) is 0 Å². The lowest BCUT2D eigenvalue weighted by Gasteiger charge is -1.95. The molecule has 8 nitrogen and oxygen atoms in total. The molecule has 2 aromatic rings. The Kier molecular flexibility index (Phi) is 2.16. The Labute approximate surface area is 90.4 Å². The molecule has 0 unspecified atom stereocenters. The number of hydrogen-bond donors (Lipinski definition) is 1. The monoisotopic (exact) mass is 241 g/mol. The van der Waals surface area contributed by atoms with Gasteiger partial charge in [-0.25, -0.2) is 0 Å². The number of nitrogens with one attached hydrogen (secondary N) is 1. The van der Waals surface area contributed by atoms with Crippen molar-refractivity contribution in [3.63, 3.8) is 0 Å². The van der Waals surface area contributed by atoms with Crippen LogP contribution in [-0.4, -0.2) is 14.8 Å². The smallest absolute Gasteiger partial charge is 0.306 e. The second kappa shape index (κ2) is 3.38. The van der Waals surface area contributed by atoms with Crippen molar-refractivity contribution in [3.8, 4) is 0 Å². The fourth-order valence-electron chi connectivity index (χ4n) is 1.33. The minimum absolute atomic E-state index is 0.103. The highest BCUT2D eigenvalue weighted by Gasteiger charge is 2.28. The van der Waals surface area contributed by atoms with Gasteiger partial charge in [-0.1, -0.05) is 11.3 Å². The van der Waals surface area contributed by atoms with Crippen molar-refractivity contribution < 1.29 is 9.85 Å². The zero-order valence-electron chi connectivity index (χ0n) is 7.50. The quantitative estimate of drug-likeness (QED) is 0.629. The number of aromatic amines is 1. The van der Waals surface area contributed by atoms with E-state index in [1.807, 2.05) is 0 Å². The van der Waals surface area contributed by atoms with Crippen LogP contribution >= 0.6 is 11.3 Å². The standard InChI is InChI=1S/C7H3N3O5S/c11-7-8-5-4(16-7)2-1-3(9(12)13)6(5)10(14)15/h1-2H,(H,8,11). The molecule has 0 fully saturated rings. The number of benzene rings is 1. The van der Waals surface area contributed by atoms with Crippen LogP contribution in [-0.2, 0) is 0 Å². The van der Waals surface area contributed by atoms with Gasteiger partial charge in [0.1, 0.15) is 5.52 Å². The van der Waals surface area contributed by atoms with Crippen molar-refractivity contribution in [1.29, 1.82) is 0 Å². The highest BCUT2D eigenvalue weighted by Crippen LogP contribution is 2.34. The lowest BCUT2D eigenvalue weighted by atomic mass is 10.2. The Hall–Kier alpha value is -2.29. The Morgan fingerprint density at radius 3 is 2.44 bits per heavy atom. The summed E-state index contributed by atoms with van der Waals surface area (Å²) < 4.78 is 0.322. The van der Waals surface area contributed by atoms with E-state index in [4.69, 9.17) is 0 Å². The Morgan fingerprint density at radius 2 is 1.88 bits per heavy atom. The SMILES string of the molecule is O=c1[nH]c2c([N+](=O)[O-])c([N+](=O)[O-])ccc2s1. The van der Waals surface area contributed by atoms with Crippen LogP contribution in [0.2, 0.25) is 0 Å². The summed E-state index contributed by atoms with van der Waals surface area (Å²) in [5, 5.41) is 21.3. The molecule has 0 spiro atoms. The maximum absolute atomic E-state index is 11.0. The predicted molar refractivity (Wildman–Crippen MR) is 55.8 cm³/mol. The van der Waals surface area contributed by atoms with Crippen molar-refractivity contribution in [2.75, 3.05) is 0 Å². The Balaban J connectivity index is 2.94. The first-order chi connectivity index (χ1) is 7.50. The molecule has 0 saturated heterocycles. The fraction of sp³-hybridized carbons (Fsp3) is 0. The highest BCUT2D eigenvalue weighted by molar-refractivity contribution is 7.16. The molecule has 0 amide bonds. The van der Waals surface area contributed by atoms with Gasteiger partial charge in [0.05, 0.1) is 14.5 Å². The van der Waals surface area contributed by atoms with Gasteiger partial charge in [0, 0.05) is 6.07 Å². The van der Waals surface area contributed by atoms with Gasteiger partial charge in [0.25, 0.3) is 0 Å². The van der Waals surface area contributed by atoms with Gasteiger partial charge in [-0.05, 0) is 6.07 Å². The molecule has 1 aromatic carbocycles. The lowest BCUT2D eigenvalue weighted by Crippen LogP contribution is -1.98. The summed E-state index contributed by atoms with van der Waals surface area (Å²) in [4.78, 5) is 32.3. The van der Waals surface area contributed by atoms with Gasteiger partial charge in [-0.2, -0.15) is 0 Å². The number of nitro groups is 2. The van der Waals surface area contributed by atoms with Crippen molar-refractivity contribution in [1.82, 2.24) is 4.98 Å². The zero-order chi connectivity index (χ0) is 11.9. The van der Waals surface area contributed by atoms with Gasteiger partial charge < -0.3 is 4.98 Å². The molecule has 82 valence electrons. The normalized spacial score (nSPS) is 10.5. The largest absolute Gasteiger partial charge is 0.370 e. The second-order valence-corrected chi connectivity index (χ2v) is 3.85. The van der Waals surface area contributed by atoms with E-state index in [0.717, 1.165) is 17.4 Å². The van der Waals surface area contributed by atoms with Crippen molar-refractivity contribution >= 4 is 32.9 Å². The van der Waals surface area contributed by atoms with Crippen LogP contribution in [0.1, 0.15) is 0 Å². The number of nitrogens with zero attached hydrogens (tertiary/aromatic N) is 2. The molecule has 1 heterocycles. The Bertz CT molecular complexity index is 658. The molecule has 1 aromatic heterocycles. The van der Waals surface area contributed by atoms with E-state index < -0.39 is 26.1 Å². The molecule has 16 heavy (non-hydrogen) atoms. The number of aromatic nitrogens is 1. The number of fused-ring (bicyclic) bond motifs is 1. The van der Waals surface area contributed by atoms with Gasteiger partial charge in [-0.3, -0.25) is 25.0 Å². The average Bonchev–Trinajstić information content (AvgIpc) is 2.55. The lowest BCUT2D eigenvalue weighted by molar-refractivity contribution is -0.421. The molecular weight excluding hydrogens is 238 g/mol. The topological polar surface area (TPSA) is 119 Å². The highest BCUT2D eigenvalue weighted by atomic mass is 32.1. The van der Waals surface area contributed by atoms with Gasteiger partial charge in [0.2, 0.25) is 0 Å². The third-order valence-corrected chi connectivity index (χ3v) is 2.77. The molecule has 0 radical (unpaired) electrons. The minimum Gasteiger partial charge on any atom is -0.306 e. The minimum atomic E-state index is -0.872. The first-order valence-electron chi connectivity index (χ1n) is 3.95. The molecule has 0 atom stereocenters. The van der Waals surface area contributed by atoms with Crippen LogP contribution in [0.3, 0.4) is 0 Å². The maximum Gasteiger partial charge on any atom is 0.370 e.